The number of nitrogens with zero attached hydrogens (tertiary/aromatic N) is 6. The third-order valence-corrected chi connectivity index (χ3v) is 8.94. The number of halogens is 4. The van der Waals surface area contributed by atoms with Crippen molar-refractivity contribution in [2.24, 2.45) is 0 Å². The van der Waals surface area contributed by atoms with E-state index in [0.29, 0.717) is 20.5 Å². The van der Waals surface area contributed by atoms with Crippen LogP contribution in [-0.2, 0) is 17.5 Å². The summed E-state index contributed by atoms with van der Waals surface area (Å²) < 4.78 is 51.0. The Morgan fingerprint density at radius 1 is 1.04 bits per heavy atom. The van der Waals surface area contributed by atoms with Crippen molar-refractivity contribution in [3.63, 3.8) is 0 Å². The number of benzene rings is 3. The first-order valence-corrected chi connectivity index (χ1v) is 15.8. The summed E-state index contributed by atoms with van der Waals surface area (Å²) in [6, 6.07) is 21.2. The van der Waals surface area contributed by atoms with Crippen molar-refractivity contribution in [1.82, 2.24) is 23.8 Å². The highest BCUT2D eigenvalue weighted by molar-refractivity contribution is 14.1. The topological polar surface area (TPSA) is 115 Å². The highest BCUT2D eigenvalue weighted by atomic mass is 127. The summed E-state index contributed by atoms with van der Waals surface area (Å²) >= 11 is 2.01. The number of nitriles is 1. The van der Waals surface area contributed by atoms with Crippen LogP contribution < -0.4 is 11.2 Å². The predicted octanol–water partition coefficient (Wildman–Crippen LogP) is 6.24. The molecule has 0 bridgehead atoms. The third kappa shape index (κ3) is 6.25. The van der Waals surface area contributed by atoms with E-state index in [4.69, 9.17) is 4.74 Å². The molecule has 14 heteroatoms. The largest absolute Gasteiger partial charge is 0.445 e. The monoisotopic (exact) mass is 766 g/mol. The van der Waals surface area contributed by atoms with Crippen molar-refractivity contribution in [3.05, 3.63) is 132 Å². The van der Waals surface area contributed by atoms with Gasteiger partial charge in [-0.05, 0) is 84.0 Å². The van der Waals surface area contributed by atoms with Gasteiger partial charge in [-0.15, -0.1) is 0 Å². The molecule has 1 aliphatic rings. The summed E-state index contributed by atoms with van der Waals surface area (Å²) in [5.41, 5.74) is -0.394. The van der Waals surface area contributed by atoms with E-state index in [1.807, 2.05) is 59.0 Å². The van der Waals surface area contributed by atoms with Gasteiger partial charge in [0.05, 0.1) is 55.6 Å². The average molecular weight is 767 g/mol. The van der Waals surface area contributed by atoms with Crippen LogP contribution in [0.2, 0.25) is 0 Å². The standard InChI is InChI=1S/C34H26F3IN6O4/c1-21-29(30-28(38)18-40-44(30)25-12-10-22(17-39)11-13-25)31(45)43(32(46)42(21)26-9-5-8-24(16-26)34(35,36)37)27-14-15-41(19-27)33(47)48-20-23-6-3-2-4-7-23/h2-13,16,18,27H,14-15,19-20H2,1H3/t27-/m1/s1. The number of rotatable bonds is 6. The number of carbonyl (C=O) groups excluding carboxylic acids is 1. The van der Waals surface area contributed by atoms with Crippen molar-refractivity contribution in [3.8, 4) is 28.7 Å². The van der Waals surface area contributed by atoms with Gasteiger partial charge in [-0.25, -0.2) is 14.3 Å². The molecule has 0 saturated carbocycles. The second kappa shape index (κ2) is 13.1. The summed E-state index contributed by atoms with van der Waals surface area (Å²) in [7, 11) is 0. The maximum Gasteiger partial charge on any atom is 0.416 e. The highest BCUT2D eigenvalue weighted by Gasteiger charge is 2.35. The molecule has 5 aromatic rings. The molecule has 2 aromatic heterocycles. The molecule has 0 radical (unpaired) electrons. The first-order valence-electron chi connectivity index (χ1n) is 14.7. The van der Waals surface area contributed by atoms with Crippen LogP contribution >= 0.6 is 22.6 Å². The fourth-order valence-corrected chi connectivity index (χ4v) is 6.42. The minimum absolute atomic E-state index is 0.0279. The lowest BCUT2D eigenvalue weighted by atomic mass is 10.1. The number of hydrogen-bond donors (Lipinski definition) is 0. The smallest absolute Gasteiger partial charge is 0.416 e. The van der Waals surface area contributed by atoms with Crippen LogP contribution in [0.3, 0.4) is 0 Å². The number of aromatic nitrogens is 4. The lowest BCUT2D eigenvalue weighted by Gasteiger charge is -2.22. The molecule has 1 saturated heterocycles. The van der Waals surface area contributed by atoms with E-state index < -0.39 is 35.1 Å². The zero-order valence-corrected chi connectivity index (χ0v) is 27.5. The van der Waals surface area contributed by atoms with Crippen LogP contribution in [0.5, 0.6) is 0 Å². The second-order valence-corrected chi connectivity index (χ2v) is 12.3. The summed E-state index contributed by atoms with van der Waals surface area (Å²) in [6.07, 6.45) is -3.54. The minimum atomic E-state index is -4.68. The summed E-state index contributed by atoms with van der Waals surface area (Å²) in [5, 5.41) is 13.7. The Hall–Kier alpha value is -5.17. The van der Waals surface area contributed by atoms with Crippen molar-refractivity contribution < 1.29 is 22.7 Å². The van der Waals surface area contributed by atoms with Crippen LogP contribution in [-0.4, -0.2) is 43.0 Å². The zero-order chi connectivity index (χ0) is 34.2. The molecule has 0 N–H and O–H groups in total. The summed E-state index contributed by atoms with van der Waals surface area (Å²) in [4.78, 5) is 43.1. The first kappa shape index (κ1) is 32.8. The van der Waals surface area contributed by atoms with E-state index in [-0.39, 0.29) is 43.1 Å². The molecule has 0 unspecified atom stereocenters. The zero-order valence-electron chi connectivity index (χ0n) is 25.3. The van der Waals surface area contributed by atoms with Gasteiger partial charge in [0.15, 0.2) is 0 Å². The van der Waals surface area contributed by atoms with Gasteiger partial charge in [-0.2, -0.15) is 23.5 Å². The lowest BCUT2D eigenvalue weighted by molar-refractivity contribution is -0.137. The maximum atomic E-state index is 14.5. The second-order valence-electron chi connectivity index (χ2n) is 11.1. The molecule has 48 heavy (non-hydrogen) atoms. The molecule has 0 spiro atoms. The molecule has 244 valence electrons. The van der Waals surface area contributed by atoms with Crippen molar-refractivity contribution in [2.45, 2.75) is 32.2 Å². The van der Waals surface area contributed by atoms with Crippen molar-refractivity contribution >= 4 is 28.7 Å². The van der Waals surface area contributed by atoms with E-state index in [9.17, 15) is 32.8 Å². The lowest BCUT2D eigenvalue weighted by Crippen LogP contribution is -2.44. The summed E-state index contributed by atoms with van der Waals surface area (Å²) in [5.74, 6) is 0. The molecule has 1 atom stereocenters. The Bertz CT molecular complexity index is 2170. The SMILES string of the molecule is Cc1c(-c2c(I)cnn2-c2ccc(C#N)cc2)c(=O)n([C@@H]2CCN(C(=O)OCc3ccccc3)C2)c(=O)n1-c1cccc(C(F)(F)F)c1. The normalized spacial score (nSPS) is 14.6. The molecule has 1 fully saturated rings. The predicted molar refractivity (Wildman–Crippen MR) is 178 cm³/mol. The van der Waals surface area contributed by atoms with E-state index >= 15 is 0 Å². The number of ether oxygens (including phenoxy) is 1. The highest BCUT2D eigenvalue weighted by Crippen LogP contribution is 2.33. The van der Waals surface area contributed by atoms with E-state index in [2.05, 4.69) is 5.10 Å². The van der Waals surface area contributed by atoms with Gasteiger partial charge in [0.2, 0.25) is 0 Å². The molecule has 0 aliphatic carbocycles. The molecule has 1 amide bonds. The summed E-state index contributed by atoms with van der Waals surface area (Å²) in [6.45, 7) is 1.70. The number of hydrogen-bond acceptors (Lipinski definition) is 6. The maximum absolute atomic E-state index is 14.5. The van der Waals surface area contributed by atoms with Gasteiger partial charge in [0.1, 0.15) is 6.61 Å². The van der Waals surface area contributed by atoms with Gasteiger partial charge in [0, 0.05) is 18.8 Å². The Balaban J connectivity index is 1.49. The quantitative estimate of drug-likeness (QED) is 0.189. The Morgan fingerprint density at radius 3 is 2.46 bits per heavy atom. The fourth-order valence-electron chi connectivity index (χ4n) is 5.80. The van der Waals surface area contributed by atoms with Gasteiger partial charge in [0.25, 0.3) is 5.56 Å². The Labute approximate surface area is 285 Å². The molecule has 10 nitrogen and oxygen atoms in total. The first-order chi connectivity index (χ1) is 23.0. The van der Waals surface area contributed by atoms with E-state index in [1.165, 1.54) is 34.8 Å². The number of carbonyl (C=O) groups is 1. The Morgan fingerprint density at radius 2 is 1.77 bits per heavy atom. The van der Waals surface area contributed by atoms with E-state index in [1.54, 1.807) is 24.3 Å². The fraction of sp³-hybridized carbons (Fsp3) is 0.206. The van der Waals surface area contributed by atoms with Gasteiger partial charge in [-0.3, -0.25) is 13.9 Å². The number of amides is 1. The molecule has 3 aromatic carbocycles. The molecular formula is C34H26F3IN6O4. The van der Waals surface area contributed by atoms with Crippen LogP contribution in [0, 0.1) is 21.8 Å². The Kier molecular flexibility index (Phi) is 8.97. The van der Waals surface area contributed by atoms with Crippen LogP contribution in [0.25, 0.3) is 22.6 Å². The molecule has 1 aliphatic heterocycles. The van der Waals surface area contributed by atoms with Crippen LogP contribution in [0.4, 0.5) is 18.0 Å². The number of alkyl halides is 3. The average Bonchev–Trinajstić information content (AvgIpc) is 3.71. The molecular weight excluding hydrogens is 740 g/mol. The minimum Gasteiger partial charge on any atom is -0.445 e. The van der Waals surface area contributed by atoms with E-state index in [0.717, 1.165) is 26.8 Å². The third-order valence-electron chi connectivity index (χ3n) is 8.15. The molecule has 3 heterocycles. The van der Waals surface area contributed by atoms with Crippen LogP contribution in [0.15, 0.2) is 94.6 Å². The van der Waals surface area contributed by atoms with Crippen LogP contribution in [0.1, 0.15) is 34.8 Å². The van der Waals surface area contributed by atoms with Gasteiger partial charge < -0.3 is 9.64 Å². The van der Waals surface area contributed by atoms with Gasteiger partial charge >= 0.3 is 18.0 Å². The van der Waals surface area contributed by atoms with Crippen molar-refractivity contribution in [2.75, 3.05) is 13.1 Å². The number of likely N-dealkylation sites (tertiary alicyclic amines) is 1. The molecule has 6 rings (SSSR count). The van der Waals surface area contributed by atoms with Gasteiger partial charge in [-0.1, -0.05) is 36.4 Å². The van der Waals surface area contributed by atoms with Crippen molar-refractivity contribution in [1.29, 1.82) is 5.26 Å².